The van der Waals surface area contributed by atoms with Crippen molar-refractivity contribution < 1.29 is 8.42 Å². The van der Waals surface area contributed by atoms with Crippen molar-refractivity contribution in [3.8, 4) is 0 Å². The Morgan fingerprint density at radius 3 is 2.38 bits per heavy atom. The van der Waals surface area contributed by atoms with Crippen LogP contribution in [0.1, 0.15) is 58.3 Å². The van der Waals surface area contributed by atoms with Gasteiger partial charge in [-0.25, -0.2) is 13.1 Å². The van der Waals surface area contributed by atoms with Crippen molar-refractivity contribution in [3.05, 3.63) is 0 Å². The summed E-state index contributed by atoms with van der Waals surface area (Å²) >= 11 is 0. The molecule has 24 heavy (non-hydrogen) atoms. The van der Waals surface area contributed by atoms with E-state index in [1.165, 1.54) is 38.5 Å². The summed E-state index contributed by atoms with van der Waals surface area (Å²) in [6, 6.07) is 0.467. The van der Waals surface area contributed by atoms with Crippen LogP contribution in [0, 0.1) is 5.92 Å². The summed E-state index contributed by atoms with van der Waals surface area (Å²) < 4.78 is 26.7. The first-order valence-electron chi connectivity index (χ1n) is 9.11. The minimum absolute atomic E-state index is 0. The van der Waals surface area contributed by atoms with Gasteiger partial charge in [0.2, 0.25) is 10.0 Å². The number of nitrogens with one attached hydrogen (secondary N) is 3. The first kappa shape index (κ1) is 22.0. The Bertz CT molecular complexity index is 474. The first-order chi connectivity index (χ1) is 11.1. The zero-order valence-electron chi connectivity index (χ0n) is 14.7. The molecule has 142 valence electrons. The average Bonchev–Trinajstić information content (AvgIpc) is 2.46. The van der Waals surface area contributed by atoms with Crippen molar-refractivity contribution in [3.63, 3.8) is 0 Å². The Labute approximate surface area is 164 Å². The summed E-state index contributed by atoms with van der Waals surface area (Å²) in [4.78, 5) is 4.43. The van der Waals surface area contributed by atoms with E-state index in [0.717, 1.165) is 25.3 Å². The Kier molecular flexibility index (Phi) is 10.5. The summed E-state index contributed by atoms with van der Waals surface area (Å²) in [7, 11) is -3.21. The summed E-state index contributed by atoms with van der Waals surface area (Å²) in [5.41, 5.74) is 0. The van der Waals surface area contributed by atoms with Gasteiger partial charge in [-0.1, -0.05) is 25.7 Å². The standard InChI is InChI=1S/C16H32N4O2S.HI/c1-2-17-16(20-15-9-4-3-5-10-15)18-11-12-23(21,22)19-13-14-7-6-8-14;/h14-15,19H,2-13H2,1H3,(H2,17,18,20);1H. The van der Waals surface area contributed by atoms with Crippen LogP contribution in [-0.4, -0.2) is 45.8 Å². The van der Waals surface area contributed by atoms with Crippen LogP contribution >= 0.6 is 24.0 Å². The highest BCUT2D eigenvalue weighted by molar-refractivity contribution is 14.0. The Balaban J connectivity index is 0.00000288. The summed E-state index contributed by atoms with van der Waals surface area (Å²) in [5.74, 6) is 1.34. The molecule has 2 aliphatic rings. The van der Waals surface area contributed by atoms with Gasteiger partial charge in [0.05, 0.1) is 12.3 Å². The number of halogens is 1. The molecule has 6 nitrogen and oxygen atoms in total. The molecule has 0 atom stereocenters. The van der Waals surface area contributed by atoms with Crippen molar-refractivity contribution in [2.75, 3.05) is 25.4 Å². The van der Waals surface area contributed by atoms with E-state index < -0.39 is 10.0 Å². The molecule has 0 spiro atoms. The van der Waals surface area contributed by atoms with Gasteiger partial charge in [0.15, 0.2) is 5.96 Å². The molecule has 0 unspecified atom stereocenters. The predicted octanol–water partition coefficient (Wildman–Crippen LogP) is 2.21. The molecule has 2 saturated carbocycles. The van der Waals surface area contributed by atoms with Crippen LogP contribution in [0.3, 0.4) is 0 Å². The molecule has 3 N–H and O–H groups in total. The fourth-order valence-corrected chi connectivity index (χ4v) is 4.02. The van der Waals surface area contributed by atoms with E-state index in [4.69, 9.17) is 0 Å². The molecular formula is C16H33IN4O2S. The van der Waals surface area contributed by atoms with Crippen LogP contribution < -0.4 is 15.4 Å². The van der Waals surface area contributed by atoms with Crippen molar-refractivity contribution in [1.29, 1.82) is 0 Å². The zero-order chi connectivity index (χ0) is 16.5. The van der Waals surface area contributed by atoms with E-state index in [1.54, 1.807) is 0 Å². The van der Waals surface area contributed by atoms with Gasteiger partial charge in [0, 0.05) is 19.1 Å². The van der Waals surface area contributed by atoms with E-state index in [-0.39, 0.29) is 29.7 Å². The van der Waals surface area contributed by atoms with E-state index in [9.17, 15) is 8.42 Å². The number of nitrogens with zero attached hydrogens (tertiary/aromatic N) is 1. The minimum Gasteiger partial charge on any atom is -0.357 e. The average molecular weight is 472 g/mol. The lowest BCUT2D eigenvalue weighted by molar-refractivity contribution is 0.316. The lowest BCUT2D eigenvalue weighted by Crippen LogP contribution is -2.44. The van der Waals surface area contributed by atoms with Gasteiger partial charge < -0.3 is 10.6 Å². The van der Waals surface area contributed by atoms with Crippen LogP contribution in [-0.2, 0) is 10.0 Å². The molecule has 0 amide bonds. The van der Waals surface area contributed by atoms with Crippen LogP contribution in [0.5, 0.6) is 0 Å². The third kappa shape index (κ3) is 8.33. The van der Waals surface area contributed by atoms with Gasteiger partial charge in [-0.2, -0.15) is 0 Å². The maximum atomic E-state index is 12.0. The Hall–Kier alpha value is -0.0900. The SMILES string of the molecule is CCNC(=NCCS(=O)(=O)NCC1CCC1)NC1CCCCC1.I. The van der Waals surface area contributed by atoms with Gasteiger partial charge in [-0.3, -0.25) is 4.99 Å². The van der Waals surface area contributed by atoms with Crippen LogP contribution in [0.15, 0.2) is 4.99 Å². The van der Waals surface area contributed by atoms with Crippen LogP contribution in [0.25, 0.3) is 0 Å². The molecular weight excluding hydrogens is 439 g/mol. The number of rotatable bonds is 8. The molecule has 2 rings (SSSR count). The van der Waals surface area contributed by atoms with Crippen molar-refractivity contribution in [2.45, 2.75) is 64.3 Å². The van der Waals surface area contributed by atoms with Crippen LogP contribution in [0.2, 0.25) is 0 Å². The number of sulfonamides is 1. The first-order valence-corrected chi connectivity index (χ1v) is 10.8. The molecule has 0 aromatic rings. The van der Waals surface area contributed by atoms with Crippen molar-refractivity contribution >= 4 is 40.0 Å². The molecule has 0 bridgehead atoms. The summed E-state index contributed by atoms with van der Waals surface area (Å²) in [5, 5.41) is 6.64. The topological polar surface area (TPSA) is 82.6 Å². The third-order valence-electron chi connectivity index (χ3n) is 4.74. The molecule has 0 aliphatic heterocycles. The van der Waals surface area contributed by atoms with Gasteiger partial charge >= 0.3 is 0 Å². The second kappa shape index (κ2) is 11.5. The molecule has 0 radical (unpaired) electrons. The molecule has 8 heteroatoms. The molecule has 0 saturated heterocycles. The maximum absolute atomic E-state index is 12.0. The predicted molar refractivity (Wildman–Crippen MR) is 111 cm³/mol. The largest absolute Gasteiger partial charge is 0.357 e. The van der Waals surface area contributed by atoms with Crippen molar-refractivity contribution in [2.24, 2.45) is 10.9 Å². The van der Waals surface area contributed by atoms with Gasteiger partial charge in [0.1, 0.15) is 0 Å². The maximum Gasteiger partial charge on any atom is 0.213 e. The summed E-state index contributed by atoms with van der Waals surface area (Å²) in [6.07, 6.45) is 9.71. The molecule has 2 fully saturated rings. The number of hydrogen-bond donors (Lipinski definition) is 3. The van der Waals surface area contributed by atoms with Gasteiger partial charge in [-0.15, -0.1) is 24.0 Å². The Morgan fingerprint density at radius 1 is 1.08 bits per heavy atom. The van der Waals surface area contributed by atoms with Crippen molar-refractivity contribution in [1.82, 2.24) is 15.4 Å². The minimum atomic E-state index is -3.21. The quantitative estimate of drug-likeness (QED) is 0.288. The highest BCUT2D eigenvalue weighted by Crippen LogP contribution is 2.25. The van der Waals surface area contributed by atoms with Gasteiger partial charge in [0.25, 0.3) is 0 Å². The second-order valence-corrected chi connectivity index (χ2v) is 8.63. The third-order valence-corrected chi connectivity index (χ3v) is 6.06. The number of guanidine groups is 1. The normalized spacial score (nSPS) is 20.1. The highest BCUT2D eigenvalue weighted by atomic mass is 127. The molecule has 2 aliphatic carbocycles. The fraction of sp³-hybridized carbons (Fsp3) is 0.938. The van der Waals surface area contributed by atoms with E-state index in [2.05, 4.69) is 20.3 Å². The van der Waals surface area contributed by atoms with E-state index in [1.807, 2.05) is 6.92 Å². The van der Waals surface area contributed by atoms with E-state index in [0.29, 0.717) is 25.0 Å². The fourth-order valence-electron chi connectivity index (χ4n) is 3.05. The molecule has 0 aromatic heterocycles. The lowest BCUT2D eigenvalue weighted by Gasteiger charge is -2.25. The Morgan fingerprint density at radius 2 is 1.79 bits per heavy atom. The van der Waals surface area contributed by atoms with Crippen LogP contribution in [0.4, 0.5) is 0 Å². The monoisotopic (exact) mass is 472 g/mol. The highest BCUT2D eigenvalue weighted by Gasteiger charge is 2.20. The van der Waals surface area contributed by atoms with E-state index >= 15 is 0 Å². The smallest absolute Gasteiger partial charge is 0.213 e. The zero-order valence-corrected chi connectivity index (χ0v) is 17.9. The number of hydrogen-bond acceptors (Lipinski definition) is 3. The molecule has 0 heterocycles. The van der Waals surface area contributed by atoms with Gasteiger partial charge in [-0.05, 0) is 38.5 Å². The summed E-state index contributed by atoms with van der Waals surface area (Å²) in [6.45, 7) is 3.69. The second-order valence-electron chi connectivity index (χ2n) is 6.70. The lowest BCUT2D eigenvalue weighted by atomic mass is 9.86. The number of aliphatic imine (C=N–C) groups is 1. The molecule has 0 aromatic carbocycles.